The Labute approximate surface area is 202 Å². The molecule has 3 aromatic carbocycles. The van der Waals surface area contributed by atoms with Gasteiger partial charge in [0.2, 0.25) is 5.91 Å². The Hall–Kier alpha value is -4.58. The highest BCUT2D eigenvalue weighted by molar-refractivity contribution is 7.99. The van der Waals surface area contributed by atoms with E-state index in [4.69, 9.17) is 0 Å². The molecule has 0 fully saturated rings. The number of aromatic nitrogens is 6. The molecule has 0 radical (unpaired) electrons. The summed E-state index contributed by atoms with van der Waals surface area (Å²) < 4.78 is 3.50. The molecule has 35 heavy (non-hydrogen) atoms. The van der Waals surface area contributed by atoms with E-state index in [9.17, 15) is 14.9 Å². The number of nitrogens with one attached hydrogen (secondary N) is 1. The zero-order valence-electron chi connectivity index (χ0n) is 18.2. The molecule has 0 bridgehead atoms. The fourth-order valence-corrected chi connectivity index (χ4v) is 4.35. The summed E-state index contributed by atoms with van der Waals surface area (Å²) in [5.74, 6) is 0.642. The molecule has 0 saturated carbocycles. The monoisotopic (exact) mass is 486 g/mol. The maximum absolute atomic E-state index is 12.4. The number of amides is 1. The molecule has 11 nitrogen and oxygen atoms in total. The van der Waals surface area contributed by atoms with Gasteiger partial charge >= 0.3 is 0 Å². The number of rotatable bonds is 8. The Morgan fingerprint density at radius 2 is 1.77 bits per heavy atom. The van der Waals surface area contributed by atoms with Gasteiger partial charge in [0.25, 0.3) is 11.6 Å². The molecule has 0 aliphatic heterocycles. The van der Waals surface area contributed by atoms with Crippen LogP contribution in [0.1, 0.15) is 6.42 Å². The topological polar surface area (TPSA) is 134 Å². The van der Waals surface area contributed by atoms with Crippen LogP contribution in [0, 0.1) is 10.1 Å². The Morgan fingerprint density at radius 3 is 2.60 bits per heavy atom. The predicted octanol–water partition coefficient (Wildman–Crippen LogP) is 4.03. The van der Waals surface area contributed by atoms with E-state index in [1.54, 1.807) is 10.7 Å². The van der Waals surface area contributed by atoms with Gasteiger partial charge in [0, 0.05) is 30.0 Å². The minimum atomic E-state index is -0.502. The minimum absolute atomic E-state index is 0.0821. The van der Waals surface area contributed by atoms with Crippen molar-refractivity contribution in [2.75, 3.05) is 11.1 Å². The van der Waals surface area contributed by atoms with Crippen LogP contribution >= 0.6 is 11.8 Å². The summed E-state index contributed by atoms with van der Waals surface area (Å²) in [5.41, 5.74) is 2.67. The standard InChI is InChI=1S/C23H18N8O3S/c32-21(24-16-7-6-10-18(15-16)31(33)34)13-14-35-23-27-26-22(29(23)17-8-2-1-3-9-17)30-20-12-5-4-11-19(20)25-28-30/h1-12,15H,13-14H2,(H,24,32). The average Bonchev–Trinajstić information content (AvgIpc) is 3.49. The highest BCUT2D eigenvalue weighted by Gasteiger charge is 2.19. The molecule has 0 saturated heterocycles. The fourth-order valence-electron chi connectivity index (χ4n) is 3.47. The number of para-hydroxylation sites is 2. The van der Waals surface area contributed by atoms with E-state index in [2.05, 4.69) is 25.8 Å². The van der Waals surface area contributed by atoms with Gasteiger partial charge in [-0.15, -0.1) is 15.3 Å². The van der Waals surface area contributed by atoms with Gasteiger partial charge in [-0.05, 0) is 30.3 Å². The summed E-state index contributed by atoms with van der Waals surface area (Å²) in [4.78, 5) is 22.9. The van der Waals surface area contributed by atoms with Gasteiger partial charge in [-0.3, -0.25) is 19.5 Å². The van der Waals surface area contributed by atoms with Crippen molar-refractivity contribution < 1.29 is 9.72 Å². The number of benzene rings is 3. The normalized spacial score (nSPS) is 11.0. The molecule has 0 spiro atoms. The van der Waals surface area contributed by atoms with E-state index in [0.29, 0.717) is 22.5 Å². The smallest absolute Gasteiger partial charge is 0.271 e. The van der Waals surface area contributed by atoms with Crippen LogP contribution in [0.25, 0.3) is 22.7 Å². The van der Waals surface area contributed by atoms with E-state index < -0.39 is 4.92 Å². The molecular formula is C23H18N8O3S. The number of hydrogen-bond donors (Lipinski definition) is 1. The van der Waals surface area contributed by atoms with Gasteiger partial charge in [0.05, 0.1) is 16.1 Å². The molecule has 5 rings (SSSR count). The van der Waals surface area contributed by atoms with Crippen LogP contribution in [0.3, 0.4) is 0 Å². The second kappa shape index (κ2) is 9.73. The zero-order chi connectivity index (χ0) is 24.2. The summed E-state index contributed by atoms with van der Waals surface area (Å²) >= 11 is 1.37. The third kappa shape index (κ3) is 4.73. The first kappa shape index (κ1) is 22.2. The lowest BCUT2D eigenvalue weighted by molar-refractivity contribution is -0.384. The van der Waals surface area contributed by atoms with Gasteiger partial charge in [0.1, 0.15) is 5.52 Å². The van der Waals surface area contributed by atoms with Crippen molar-refractivity contribution >= 4 is 40.1 Å². The first-order chi connectivity index (χ1) is 17.1. The molecule has 0 unspecified atom stereocenters. The lowest BCUT2D eigenvalue weighted by atomic mass is 10.3. The van der Waals surface area contributed by atoms with Gasteiger partial charge in [0.15, 0.2) is 5.16 Å². The molecule has 0 atom stereocenters. The summed E-state index contributed by atoms with van der Waals surface area (Å²) in [5, 5.41) is 31.4. The molecular weight excluding hydrogens is 468 g/mol. The van der Waals surface area contributed by atoms with Crippen molar-refractivity contribution in [3.05, 3.63) is 89.0 Å². The molecule has 1 N–H and O–H groups in total. The van der Waals surface area contributed by atoms with Gasteiger partial charge in [-0.1, -0.05) is 53.4 Å². The van der Waals surface area contributed by atoms with Gasteiger partial charge < -0.3 is 5.32 Å². The van der Waals surface area contributed by atoms with E-state index in [1.807, 2.05) is 59.2 Å². The highest BCUT2D eigenvalue weighted by Crippen LogP contribution is 2.26. The number of carbonyl (C=O) groups is 1. The molecule has 0 aliphatic carbocycles. The van der Waals surface area contributed by atoms with Crippen molar-refractivity contribution in [3.63, 3.8) is 0 Å². The first-order valence-electron chi connectivity index (χ1n) is 10.6. The Balaban J connectivity index is 1.35. The number of carbonyl (C=O) groups excluding carboxylic acids is 1. The number of non-ortho nitro benzene ring substituents is 1. The predicted molar refractivity (Wildman–Crippen MR) is 131 cm³/mol. The summed E-state index contributed by atoms with van der Waals surface area (Å²) in [6.07, 6.45) is 0.177. The Kier molecular flexibility index (Phi) is 6.18. The number of nitro benzene ring substituents is 1. The van der Waals surface area contributed by atoms with E-state index in [-0.39, 0.29) is 18.0 Å². The molecule has 1 amide bonds. The molecule has 2 heterocycles. The van der Waals surface area contributed by atoms with Gasteiger partial charge in [-0.2, -0.15) is 4.68 Å². The molecule has 12 heteroatoms. The largest absolute Gasteiger partial charge is 0.326 e. The SMILES string of the molecule is O=C(CCSc1nnc(-n2nnc3ccccc32)n1-c1ccccc1)Nc1cccc([N+](=O)[O-])c1. The lowest BCUT2D eigenvalue weighted by Crippen LogP contribution is -2.12. The number of fused-ring (bicyclic) bond motifs is 1. The highest BCUT2D eigenvalue weighted by atomic mass is 32.2. The van der Waals surface area contributed by atoms with Crippen molar-refractivity contribution in [2.45, 2.75) is 11.6 Å². The number of nitro groups is 1. The van der Waals surface area contributed by atoms with Crippen LogP contribution in [0.15, 0.2) is 84.0 Å². The van der Waals surface area contributed by atoms with Crippen LogP contribution < -0.4 is 5.32 Å². The number of hydrogen-bond acceptors (Lipinski definition) is 8. The van der Waals surface area contributed by atoms with Crippen molar-refractivity contribution in [3.8, 4) is 11.6 Å². The van der Waals surface area contributed by atoms with Crippen molar-refractivity contribution in [2.24, 2.45) is 0 Å². The van der Waals surface area contributed by atoms with E-state index >= 15 is 0 Å². The summed E-state index contributed by atoms with van der Waals surface area (Å²) in [7, 11) is 0. The maximum atomic E-state index is 12.4. The lowest BCUT2D eigenvalue weighted by Gasteiger charge is -2.10. The zero-order valence-corrected chi connectivity index (χ0v) is 19.0. The van der Waals surface area contributed by atoms with Crippen LogP contribution in [0.5, 0.6) is 0 Å². The summed E-state index contributed by atoms with van der Waals surface area (Å²) in [6.45, 7) is 0. The molecule has 174 valence electrons. The molecule has 2 aromatic heterocycles. The van der Waals surface area contributed by atoms with Gasteiger partial charge in [-0.25, -0.2) is 0 Å². The van der Waals surface area contributed by atoms with E-state index in [1.165, 1.54) is 30.0 Å². The number of nitrogens with zero attached hydrogens (tertiary/aromatic N) is 7. The van der Waals surface area contributed by atoms with Crippen LogP contribution in [-0.4, -0.2) is 46.3 Å². The van der Waals surface area contributed by atoms with Crippen LogP contribution in [0.4, 0.5) is 11.4 Å². The third-order valence-electron chi connectivity index (χ3n) is 5.07. The number of anilines is 1. The number of thioether (sulfide) groups is 1. The summed E-state index contributed by atoms with van der Waals surface area (Å²) in [6, 6.07) is 23.0. The second-order valence-electron chi connectivity index (χ2n) is 7.40. The Bertz CT molecular complexity index is 1520. The second-order valence-corrected chi connectivity index (χ2v) is 8.46. The van der Waals surface area contributed by atoms with Crippen molar-refractivity contribution in [1.82, 2.24) is 29.8 Å². The average molecular weight is 487 g/mol. The third-order valence-corrected chi connectivity index (χ3v) is 6.00. The van der Waals surface area contributed by atoms with Crippen LogP contribution in [-0.2, 0) is 4.79 Å². The first-order valence-corrected chi connectivity index (χ1v) is 11.6. The van der Waals surface area contributed by atoms with Crippen LogP contribution in [0.2, 0.25) is 0 Å². The fraction of sp³-hybridized carbons (Fsp3) is 0.0870. The molecule has 5 aromatic rings. The maximum Gasteiger partial charge on any atom is 0.271 e. The Morgan fingerprint density at radius 1 is 0.971 bits per heavy atom. The van der Waals surface area contributed by atoms with E-state index in [0.717, 1.165) is 16.7 Å². The quantitative estimate of drug-likeness (QED) is 0.197. The molecule has 0 aliphatic rings. The minimum Gasteiger partial charge on any atom is -0.326 e. The van der Waals surface area contributed by atoms with Crippen molar-refractivity contribution in [1.29, 1.82) is 0 Å².